The zero-order valence-corrected chi connectivity index (χ0v) is 44.9. The van der Waals surface area contributed by atoms with E-state index in [4.69, 9.17) is 14.7 Å². The van der Waals surface area contributed by atoms with Crippen molar-refractivity contribution in [3.05, 3.63) is 240 Å². The van der Waals surface area contributed by atoms with Gasteiger partial charge < -0.3 is 20.7 Å². The highest BCUT2D eigenvalue weighted by Crippen LogP contribution is 2.39. The molecule has 0 spiro atoms. The lowest BCUT2D eigenvalue weighted by Crippen LogP contribution is -2.27. The number of nitrogens with one attached hydrogen (secondary N) is 3. The first-order chi connectivity index (χ1) is 39.9. The van der Waals surface area contributed by atoms with Crippen molar-refractivity contribution in [3.8, 4) is 45.3 Å². The Bertz CT molecular complexity index is 4100. The van der Waals surface area contributed by atoms with E-state index in [1.54, 1.807) is 76.1 Å². The molecule has 11 aromatic rings. The largest absolute Gasteiger partial charge is 0.465 e. The third-order valence-electron chi connectivity index (χ3n) is 13.6. The van der Waals surface area contributed by atoms with Gasteiger partial charge in [0, 0.05) is 35.9 Å². The van der Waals surface area contributed by atoms with Crippen molar-refractivity contribution in [3.63, 3.8) is 0 Å². The molecule has 0 aliphatic carbocycles. The predicted octanol–water partition coefficient (Wildman–Crippen LogP) is 14.6. The van der Waals surface area contributed by atoms with E-state index in [0.29, 0.717) is 34.7 Å². The zero-order chi connectivity index (χ0) is 58.4. The highest BCUT2D eigenvalue weighted by atomic mass is 19.4. The number of anilines is 2. The van der Waals surface area contributed by atoms with Gasteiger partial charge in [0.25, 0.3) is 5.91 Å². The van der Waals surface area contributed by atoms with Gasteiger partial charge in [-0.1, -0.05) is 115 Å². The maximum atomic E-state index is 13.7. The number of methoxy groups -OCH3 is 1. The lowest BCUT2D eigenvalue weighted by molar-refractivity contribution is -0.138. The summed E-state index contributed by atoms with van der Waals surface area (Å²) in [7, 11) is 1.25. The first-order valence-electron chi connectivity index (χ1n) is 26.1. The second-order valence-electron chi connectivity index (χ2n) is 19.2. The number of carbonyl (C=O) groups is 2. The molecule has 14 nitrogen and oxygen atoms in total. The van der Waals surface area contributed by atoms with E-state index in [-0.39, 0.29) is 69.0 Å². The number of amides is 1. The monoisotopic (exact) mass is 1120 g/mol. The number of halogens is 6. The number of nitrogens with zero attached hydrogens (tertiary/aromatic N) is 8. The molecule has 0 saturated carbocycles. The van der Waals surface area contributed by atoms with Crippen molar-refractivity contribution in [2.24, 2.45) is 0 Å². The van der Waals surface area contributed by atoms with E-state index in [1.807, 2.05) is 112 Å². The van der Waals surface area contributed by atoms with Gasteiger partial charge in [-0.3, -0.25) is 13.6 Å². The fraction of sp³-hybridized carbons (Fsp3) is 0.143. The number of carbonyl (C=O) groups excluding carboxylic acids is 2. The Hall–Kier alpha value is -10.2. The van der Waals surface area contributed by atoms with Crippen molar-refractivity contribution in [1.29, 1.82) is 0 Å². The minimum absolute atomic E-state index is 0.109. The van der Waals surface area contributed by atoms with Crippen LogP contribution in [0.1, 0.15) is 87.4 Å². The van der Waals surface area contributed by atoms with Crippen LogP contribution in [-0.4, -0.2) is 57.7 Å². The minimum Gasteiger partial charge on any atom is -0.465 e. The molecule has 418 valence electrons. The smallest absolute Gasteiger partial charge is 0.416 e. The van der Waals surface area contributed by atoms with E-state index >= 15 is 0 Å². The van der Waals surface area contributed by atoms with Crippen molar-refractivity contribution < 1.29 is 40.7 Å². The predicted molar refractivity (Wildman–Crippen MR) is 304 cm³/mol. The summed E-state index contributed by atoms with van der Waals surface area (Å²) in [5.74, 6) is -0.331. The van der Waals surface area contributed by atoms with Gasteiger partial charge in [-0.15, -0.1) is 0 Å². The number of esters is 1. The summed E-state index contributed by atoms with van der Waals surface area (Å²) >= 11 is 0. The number of fused-ring (bicyclic) bond motifs is 2. The van der Waals surface area contributed by atoms with Crippen molar-refractivity contribution in [2.75, 3.05) is 17.7 Å². The number of alkyl halides is 6. The summed E-state index contributed by atoms with van der Waals surface area (Å²) in [6.45, 7) is 5.83. The number of rotatable bonds is 14. The molecule has 6 heterocycles. The van der Waals surface area contributed by atoms with Crippen LogP contribution in [0.15, 0.2) is 201 Å². The van der Waals surface area contributed by atoms with E-state index in [1.165, 1.54) is 25.3 Å². The van der Waals surface area contributed by atoms with Crippen LogP contribution >= 0.6 is 0 Å². The third kappa shape index (κ3) is 12.4. The average Bonchev–Trinajstić information content (AvgIpc) is 2.76. The topological polar surface area (TPSA) is 166 Å². The summed E-state index contributed by atoms with van der Waals surface area (Å²) in [4.78, 5) is 53.5. The molecule has 3 atom stereocenters. The number of imidazole rings is 2. The normalized spacial score (nSPS) is 12.7. The molecule has 0 aliphatic heterocycles. The van der Waals surface area contributed by atoms with Crippen LogP contribution < -0.4 is 16.0 Å². The van der Waals surface area contributed by atoms with Gasteiger partial charge in [0.1, 0.15) is 5.56 Å². The molecule has 1 amide bonds. The highest BCUT2D eigenvalue weighted by Gasteiger charge is 2.33. The van der Waals surface area contributed by atoms with E-state index in [9.17, 15) is 35.9 Å². The van der Waals surface area contributed by atoms with E-state index in [2.05, 4.69) is 35.9 Å². The number of benzene rings is 5. The molecular weight excluding hydrogens is 1070 g/mol. The quantitative estimate of drug-likeness (QED) is 0.0701. The minimum atomic E-state index is -4.55. The van der Waals surface area contributed by atoms with Crippen molar-refractivity contribution >= 4 is 35.1 Å². The Kier molecular flexibility index (Phi) is 16.1. The molecule has 0 saturated heterocycles. The second-order valence-corrected chi connectivity index (χ2v) is 19.2. The molecule has 0 unspecified atom stereocenters. The van der Waals surface area contributed by atoms with Gasteiger partial charge >= 0.3 is 18.3 Å². The molecule has 11 rings (SSSR count). The number of pyridine rings is 2. The summed E-state index contributed by atoms with van der Waals surface area (Å²) in [5.41, 5.74) is 4.91. The van der Waals surface area contributed by atoms with Gasteiger partial charge in [-0.05, 0) is 98.1 Å². The fourth-order valence-corrected chi connectivity index (χ4v) is 9.42. The molecule has 0 fully saturated rings. The highest BCUT2D eigenvalue weighted by molar-refractivity contribution is 6.01. The van der Waals surface area contributed by atoms with Crippen molar-refractivity contribution in [1.82, 2.24) is 44.0 Å². The Labute approximate surface area is 472 Å². The Morgan fingerprint density at radius 3 is 1.31 bits per heavy atom. The summed E-state index contributed by atoms with van der Waals surface area (Å²) in [6, 6.07) is 48.3. The molecule has 0 aliphatic rings. The van der Waals surface area contributed by atoms with Crippen LogP contribution in [0, 0.1) is 0 Å². The van der Waals surface area contributed by atoms with Crippen LogP contribution in [0.4, 0.5) is 38.2 Å². The lowest BCUT2D eigenvalue weighted by atomic mass is 10.0. The first kappa shape index (κ1) is 56.1. The van der Waals surface area contributed by atoms with Crippen molar-refractivity contribution in [2.45, 2.75) is 51.2 Å². The van der Waals surface area contributed by atoms with Crippen LogP contribution in [0.25, 0.3) is 56.6 Å². The molecule has 0 radical (unpaired) electrons. The van der Waals surface area contributed by atoms with Gasteiger partial charge in [-0.25, -0.2) is 34.7 Å². The summed E-state index contributed by atoms with van der Waals surface area (Å²) in [5, 5.41) is 9.57. The number of ether oxygens (including phenoxy) is 1. The lowest BCUT2D eigenvalue weighted by Gasteiger charge is -2.15. The Balaban J connectivity index is 0.000000188. The molecule has 0 bridgehead atoms. The second kappa shape index (κ2) is 23.8. The summed E-state index contributed by atoms with van der Waals surface area (Å²) in [6.07, 6.45) is -2.56. The number of hydrogen-bond acceptors (Lipinski definition) is 11. The van der Waals surface area contributed by atoms with E-state index in [0.717, 1.165) is 41.0 Å². The average molecular weight is 1120 g/mol. The molecule has 83 heavy (non-hydrogen) atoms. The number of hydrogen-bond donors (Lipinski definition) is 3. The van der Waals surface area contributed by atoms with Gasteiger partial charge in [0.15, 0.2) is 11.3 Å². The third-order valence-corrected chi connectivity index (χ3v) is 13.6. The Morgan fingerprint density at radius 2 is 0.892 bits per heavy atom. The van der Waals surface area contributed by atoms with Crippen LogP contribution in [0.5, 0.6) is 0 Å². The Morgan fingerprint density at radius 1 is 0.482 bits per heavy atom. The van der Waals surface area contributed by atoms with Gasteiger partial charge in [0.05, 0.1) is 76.1 Å². The molecule has 6 aromatic heterocycles. The standard InChI is InChI=1S/C35H29F3N6O.C28H22F3N5O2/c1-22(24-11-5-3-6-12-24)40-33(45)28-17-10-20-44-31(30(43-32(28)44)26-15-9-16-27(21-26)35(36,37)38)29-18-19-39-34(42-29)41-23(2)25-13-7-4-8-14-25;1-17(18-8-4-3-5-9-18)33-27-32-14-13-22(34-27)24-23(19-10-6-11-20(16-19)28(29,30)31)35-25-21(26(37)38-2)12-7-15-36(24)25/h3-23H,1-2H3,(H,40,45)(H,39,41,42);3-17H,1-2H3,(H,32,33,34)/t22-,23-;17-/m00/s1. The molecular formula is C63H51F6N11O3. The van der Waals surface area contributed by atoms with Crippen LogP contribution in [0.2, 0.25) is 0 Å². The maximum absolute atomic E-state index is 13.7. The first-order valence-corrected chi connectivity index (χ1v) is 26.1. The maximum Gasteiger partial charge on any atom is 0.416 e. The molecule has 3 N–H and O–H groups in total. The molecule has 5 aromatic carbocycles. The van der Waals surface area contributed by atoms with Crippen LogP contribution in [-0.2, 0) is 17.1 Å². The number of aromatic nitrogens is 8. The van der Waals surface area contributed by atoms with Crippen LogP contribution in [0.3, 0.4) is 0 Å². The summed E-state index contributed by atoms with van der Waals surface area (Å²) < 4.78 is 90.0. The SMILES string of the molecule is COC(=O)c1cccn2c(-c3ccnc(N[C@@H](C)c4ccccc4)n3)c(-c3cccc(C(F)(F)F)c3)nc12.C[C@H](NC(=O)c1cccn2c(-c3ccnc(N[C@@H](C)c4ccccc4)n3)c(-c3cccc(C(F)(F)F)c3)nc12)c1ccccc1. The van der Waals surface area contributed by atoms with Gasteiger partial charge in [0.2, 0.25) is 11.9 Å². The molecule has 20 heteroatoms. The van der Waals surface area contributed by atoms with Gasteiger partial charge in [-0.2, -0.15) is 26.3 Å². The fourth-order valence-electron chi connectivity index (χ4n) is 9.42. The van der Waals surface area contributed by atoms with E-state index < -0.39 is 29.4 Å². The zero-order valence-electron chi connectivity index (χ0n) is 44.9.